The van der Waals surface area contributed by atoms with Crippen LogP contribution in [0.2, 0.25) is 0 Å². The maximum absolute atomic E-state index is 5.68. The van der Waals surface area contributed by atoms with Crippen LogP contribution in [0.15, 0.2) is 84.9 Å². The standard InChI is InChI=1S/C88H108N10/c1-19-23-27-31-67-59(13)75-45-71-51(5)55(9)85(93-71)83(86-56(10)52(6)72(94-86)46-76-60(14)68(32-28-24-20-2)80(90-76)49-79(67)89-75)63-35-39-65(40-36-63)98(44-43-97(17)18)66-41-37-64(38-42-66)84-87-57(11)53(7)73(95-87)47-77-61(15)69(33-29-25-21-3)81(91-77)50-82-70(34-30-26-22-4)62(16)78(92-82)48-74-54(8)58(12)88(84)96-74/h35-42,45-50,89,91,94,96H,19-34,43-44H2,1-18H3. The van der Waals surface area contributed by atoms with Crippen molar-refractivity contribution in [1.82, 2.24) is 44.8 Å². The highest BCUT2D eigenvalue weighted by molar-refractivity contribution is 6.03. The second-order valence-electron chi connectivity index (χ2n) is 29.1. The number of rotatable bonds is 23. The van der Waals surface area contributed by atoms with Crippen LogP contribution in [-0.2, 0) is 12.8 Å². The predicted molar refractivity (Wildman–Crippen MR) is 423 cm³/mol. The van der Waals surface area contributed by atoms with E-state index in [-0.39, 0.29) is 0 Å². The van der Waals surface area contributed by atoms with Crippen LogP contribution in [0.5, 0.6) is 0 Å². The van der Waals surface area contributed by atoms with E-state index in [0.717, 1.165) is 177 Å². The SMILES string of the molecule is CCCCCC1=C(C)c2cc3[nH]c(c(C)c3C)c(-c3ccc(N(CCN(C)C)c4ccc(-c5c6nc(cc7[nH]c(cc8nc(cc9[nH]c5c(C)c9C)C(C)=C8CCCCC)c(CCCCC)c7C)C(C)=C6C)cc4)cc3)c3nc(cc4[nH]c(cc1n2)c(CCCCC)c4C)C(C)=C3C. The summed E-state index contributed by atoms with van der Waals surface area (Å²) in [5.41, 5.74) is 44.1. The van der Waals surface area contributed by atoms with E-state index in [4.69, 9.17) is 19.9 Å². The summed E-state index contributed by atoms with van der Waals surface area (Å²) in [4.78, 5) is 43.2. The van der Waals surface area contributed by atoms with Gasteiger partial charge in [0.05, 0.1) is 56.6 Å². The van der Waals surface area contributed by atoms with Gasteiger partial charge in [-0.3, -0.25) is 0 Å². The van der Waals surface area contributed by atoms with Crippen molar-refractivity contribution in [1.29, 1.82) is 0 Å². The third-order valence-corrected chi connectivity index (χ3v) is 22.4. The first kappa shape index (κ1) is 69.3. The zero-order valence-electron chi connectivity index (χ0n) is 62.5. The van der Waals surface area contributed by atoms with Gasteiger partial charge < -0.3 is 29.7 Å². The van der Waals surface area contributed by atoms with Crippen LogP contribution < -0.4 is 4.90 Å². The molecule has 0 aliphatic carbocycles. The zero-order chi connectivity index (χ0) is 69.4. The minimum absolute atomic E-state index is 0.787. The average Bonchev–Trinajstić information content (AvgIpc) is 1.58. The van der Waals surface area contributed by atoms with E-state index >= 15 is 0 Å². The average molecular weight is 1310 g/mol. The van der Waals surface area contributed by atoms with Crippen LogP contribution in [0.1, 0.15) is 249 Å². The van der Waals surface area contributed by atoms with Crippen LogP contribution in [-0.4, -0.2) is 72.0 Å². The van der Waals surface area contributed by atoms with E-state index in [2.05, 4.69) is 240 Å². The number of nitrogens with zero attached hydrogens (tertiary/aromatic N) is 6. The predicted octanol–water partition coefficient (Wildman–Crippen LogP) is 24.2. The molecule has 4 N–H and O–H groups in total. The summed E-state index contributed by atoms with van der Waals surface area (Å²) in [6, 6.07) is 32.5. The summed E-state index contributed by atoms with van der Waals surface area (Å²) in [6.45, 7) is 38.1. The number of aromatic amines is 4. The van der Waals surface area contributed by atoms with Gasteiger partial charge in [0.25, 0.3) is 0 Å². The van der Waals surface area contributed by atoms with Gasteiger partial charge >= 0.3 is 0 Å². The summed E-state index contributed by atoms with van der Waals surface area (Å²) >= 11 is 0. The smallest absolute Gasteiger partial charge is 0.0768 e. The molecule has 10 heterocycles. The molecule has 510 valence electrons. The number of hydrogen-bond donors (Lipinski definition) is 4. The van der Waals surface area contributed by atoms with Gasteiger partial charge in [-0.2, -0.15) is 0 Å². The number of H-pyrrole nitrogens is 4. The zero-order valence-corrected chi connectivity index (χ0v) is 62.5. The van der Waals surface area contributed by atoms with Crippen molar-refractivity contribution in [2.45, 2.75) is 214 Å². The normalized spacial score (nSPS) is 13.5. The van der Waals surface area contributed by atoms with Gasteiger partial charge in [0.1, 0.15) is 0 Å². The number of anilines is 2. The fraction of sp³-hybridized carbons (Fsp3) is 0.409. The maximum atomic E-state index is 5.68. The van der Waals surface area contributed by atoms with Crippen molar-refractivity contribution in [3.8, 4) is 22.3 Å². The number of aromatic nitrogens is 8. The molecule has 0 radical (unpaired) electrons. The lowest BCUT2D eigenvalue weighted by Gasteiger charge is -2.27. The minimum Gasteiger partial charge on any atom is -0.355 e. The fourth-order valence-electron chi connectivity index (χ4n) is 15.4. The number of aryl methyl sites for hydroxylation is 8. The molecule has 0 unspecified atom stereocenters. The molecule has 8 aromatic rings. The van der Waals surface area contributed by atoms with E-state index in [0.29, 0.717) is 0 Å². The van der Waals surface area contributed by atoms with Gasteiger partial charge in [-0.25, -0.2) is 19.9 Å². The van der Waals surface area contributed by atoms with Crippen LogP contribution in [0.3, 0.4) is 0 Å². The number of allylic oxidation sites excluding steroid dienone is 8. The Kier molecular flexibility index (Phi) is 20.8. The summed E-state index contributed by atoms with van der Waals surface area (Å²) in [5, 5.41) is 0. The number of likely N-dealkylation sites (N-methyl/N-ethyl adjacent to an activating group) is 1. The lowest BCUT2D eigenvalue weighted by atomic mass is 9.96. The highest BCUT2D eigenvalue weighted by Crippen LogP contribution is 2.45. The Labute approximate surface area is 584 Å². The molecule has 16 bridgehead atoms. The number of fused-ring (bicyclic) bond motifs is 16. The van der Waals surface area contributed by atoms with Gasteiger partial charge in [0, 0.05) is 68.7 Å². The second-order valence-corrected chi connectivity index (χ2v) is 29.1. The molecule has 0 amide bonds. The van der Waals surface area contributed by atoms with E-state index in [9.17, 15) is 0 Å². The Bertz CT molecular complexity index is 4580. The van der Waals surface area contributed by atoms with E-state index in [1.807, 2.05) is 0 Å². The Balaban J connectivity index is 1.01. The van der Waals surface area contributed by atoms with Gasteiger partial charge in [-0.15, -0.1) is 0 Å². The van der Waals surface area contributed by atoms with Crippen molar-refractivity contribution in [3.05, 3.63) is 175 Å². The van der Waals surface area contributed by atoms with E-state index < -0.39 is 0 Å². The molecule has 10 nitrogen and oxygen atoms in total. The Morgan fingerprint density at radius 2 is 0.653 bits per heavy atom. The molecular formula is C88H108N10. The van der Waals surface area contributed by atoms with Crippen molar-refractivity contribution in [3.63, 3.8) is 0 Å². The first-order valence-corrected chi connectivity index (χ1v) is 37.1. The first-order valence-electron chi connectivity index (χ1n) is 37.1. The summed E-state index contributed by atoms with van der Waals surface area (Å²) in [6.07, 6.45) is 18.2. The van der Waals surface area contributed by atoms with Crippen molar-refractivity contribution in [2.75, 3.05) is 32.1 Å². The number of hydrogen-bond acceptors (Lipinski definition) is 6. The van der Waals surface area contributed by atoms with Crippen molar-refractivity contribution in [2.24, 2.45) is 0 Å². The van der Waals surface area contributed by atoms with Crippen LogP contribution >= 0.6 is 0 Å². The third kappa shape index (κ3) is 13.4. The quantitative estimate of drug-likeness (QED) is 0.0474. The van der Waals surface area contributed by atoms with E-state index in [1.165, 1.54) is 151 Å². The summed E-state index contributed by atoms with van der Waals surface area (Å²) in [5.74, 6) is 0. The van der Waals surface area contributed by atoms with Crippen molar-refractivity contribution < 1.29 is 0 Å². The van der Waals surface area contributed by atoms with Crippen LogP contribution in [0.4, 0.5) is 11.4 Å². The molecule has 6 aromatic heterocycles. The van der Waals surface area contributed by atoms with Crippen LogP contribution in [0.25, 0.3) is 111 Å². The molecule has 2 aromatic carbocycles. The molecule has 0 atom stereocenters. The number of unbranched alkanes of at least 4 members (excludes halogenated alkanes) is 8. The first-order chi connectivity index (χ1) is 47.2. The Morgan fingerprint density at radius 3 is 1.01 bits per heavy atom. The van der Waals surface area contributed by atoms with Gasteiger partial charge in [0.2, 0.25) is 0 Å². The highest BCUT2D eigenvalue weighted by atomic mass is 15.2. The van der Waals surface area contributed by atoms with E-state index in [1.54, 1.807) is 0 Å². The topological polar surface area (TPSA) is 121 Å². The molecule has 10 heteroatoms. The lowest BCUT2D eigenvalue weighted by Crippen LogP contribution is -2.28. The monoisotopic (exact) mass is 1300 g/mol. The molecule has 4 aliphatic heterocycles. The third-order valence-electron chi connectivity index (χ3n) is 22.4. The molecule has 0 saturated carbocycles. The van der Waals surface area contributed by atoms with Gasteiger partial charge in [-0.05, 0) is 309 Å². The van der Waals surface area contributed by atoms with Crippen LogP contribution in [0, 0.1) is 41.5 Å². The highest BCUT2D eigenvalue weighted by Gasteiger charge is 2.27. The Hall–Kier alpha value is -8.60. The molecular weight excluding hydrogens is 1200 g/mol. The summed E-state index contributed by atoms with van der Waals surface area (Å²) < 4.78 is 0. The maximum Gasteiger partial charge on any atom is 0.0768 e. The molecule has 0 saturated heterocycles. The summed E-state index contributed by atoms with van der Waals surface area (Å²) in [7, 11) is 4.33. The van der Waals surface area contributed by atoms with Gasteiger partial charge in [-0.1, -0.05) is 103 Å². The Morgan fingerprint density at radius 1 is 0.316 bits per heavy atom. The number of benzene rings is 2. The molecule has 0 fully saturated rings. The molecule has 0 spiro atoms. The largest absolute Gasteiger partial charge is 0.355 e. The fourth-order valence-corrected chi connectivity index (χ4v) is 15.4. The molecule has 98 heavy (non-hydrogen) atoms. The van der Waals surface area contributed by atoms with Gasteiger partial charge in [0.15, 0.2) is 0 Å². The minimum atomic E-state index is 0.787. The molecule has 4 aliphatic rings. The van der Waals surface area contributed by atoms with Crippen molar-refractivity contribution >= 4 is 100 Å². The lowest BCUT2D eigenvalue weighted by molar-refractivity contribution is 0.419. The number of nitrogens with one attached hydrogen (secondary N) is 4. The molecule has 12 rings (SSSR count). The second kappa shape index (κ2) is 29.5.